The first-order valence-corrected chi connectivity index (χ1v) is 2.98. The lowest BCUT2D eigenvalue weighted by molar-refractivity contribution is -0.692. The third-order valence-corrected chi connectivity index (χ3v) is 1.12. The summed E-state index contributed by atoms with van der Waals surface area (Å²) in [7, 11) is 0. The molecule has 0 heterocycles. The van der Waals surface area contributed by atoms with E-state index in [1.54, 1.807) is 0 Å². The average molecular weight is 196 g/mol. The van der Waals surface area contributed by atoms with E-state index in [1.165, 1.54) is 0 Å². The number of primary amides is 1. The maximum atomic E-state index is 10.1. The molecule has 76 valence electrons. The molecule has 0 spiro atoms. The van der Waals surface area contributed by atoms with E-state index in [2.05, 4.69) is 10.5 Å². The lowest BCUT2D eigenvalue weighted by Crippen LogP contribution is -2.55. The number of aliphatic hydroxyl groups excluding tert-OH is 2. The van der Waals surface area contributed by atoms with Gasteiger partial charge in [0.05, 0.1) is 6.61 Å². The summed E-state index contributed by atoms with van der Waals surface area (Å²) in [5, 5.41) is 36.0. The van der Waals surface area contributed by atoms with Crippen molar-refractivity contribution in [3.05, 3.63) is 10.1 Å². The Morgan fingerprint density at radius 3 is 2.46 bits per heavy atom. The van der Waals surface area contributed by atoms with Crippen LogP contribution in [-0.2, 0) is 4.74 Å². The van der Waals surface area contributed by atoms with Gasteiger partial charge in [-0.2, -0.15) is 0 Å². The maximum absolute atomic E-state index is 10.1. The van der Waals surface area contributed by atoms with Crippen molar-refractivity contribution < 1.29 is 29.8 Å². The molecule has 0 aliphatic rings. The van der Waals surface area contributed by atoms with Crippen LogP contribution in [0, 0.1) is 10.1 Å². The zero-order valence-electron chi connectivity index (χ0n) is 6.28. The van der Waals surface area contributed by atoms with Gasteiger partial charge in [0.2, 0.25) is 6.10 Å². The van der Waals surface area contributed by atoms with Crippen LogP contribution in [-0.4, -0.2) is 45.0 Å². The number of rotatable bonds is 4. The normalized spacial score (nSPS) is 17.2. The van der Waals surface area contributed by atoms with Gasteiger partial charge in [0.25, 0.3) is 0 Å². The Labute approximate surface area is 71.5 Å². The molecule has 0 aromatic rings. The summed E-state index contributed by atoms with van der Waals surface area (Å²) in [5.41, 5.74) is 4.39. The van der Waals surface area contributed by atoms with Crippen LogP contribution in [0.2, 0.25) is 0 Å². The minimum Gasteiger partial charge on any atom is -0.393 e. The van der Waals surface area contributed by atoms with Crippen LogP contribution in [0.4, 0.5) is 4.79 Å². The second-order valence-electron chi connectivity index (χ2n) is 2.04. The van der Waals surface area contributed by atoms with Gasteiger partial charge in [-0.1, -0.05) is 0 Å². The van der Waals surface area contributed by atoms with Crippen LogP contribution in [0.15, 0.2) is 0 Å². The minimum absolute atomic E-state index is 1.16. The van der Waals surface area contributed by atoms with Crippen molar-refractivity contribution in [2.75, 3.05) is 6.61 Å². The van der Waals surface area contributed by atoms with Crippen molar-refractivity contribution in [1.29, 1.82) is 0 Å². The highest BCUT2D eigenvalue weighted by Gasteiger charge is 2.53. The van der Waals surface area contributed by atoms with E-state index in [1.807, 2.05) is 0 Å². The smallest absolute Gasteiger partial charge is 0.393 e. The highest BCUT2D eigenvalue weighted by Crippen LogP contribution is 2.13. The molecule has 0 aliphatic carbocycles. The first-order valence-electron chi connectivity index (χ1n) is 2.98. The highest BCUT2D eigenvalue weighted by atomic mass is 16.8. The van der Waals surface area contributed by atoms with E-state index < -0.39 is 29.6 Å². The predicted molar refractivity (Wildman–Crippen MR) is 35.7 cm³/mol. The summed E-state index contributed by atoms with van der Waals surface area (Å²) in [6, 6.07) is 0. The van der Waals surface area contributed by atoms with Crippen molar-refractivity contribution in [2.45, 2.75) is 12.0 Å². The molecule has 0 rings (SSSR count). The third kappa shape index (κ3) is 2.50. The number of nitrogens with zero attached hydrogens (tertiary/aromatic N) is 1. The van der Waals surface area contributed by atoms with Crippen molar-refractivity contribution in [3.8, 4) is 0 Å². The molecule has 2 atom stereocenters. The molecule has 2 unspecified atom stereocenters. The molecule has 0 aliphatic heterocycles. The van der Waals surface area contributed by atoms with Crippen LogP contribution in [0.25, 0.3) is 0 Å². The monoisotopic (exact) mass is 196 g/mol. The summed E-state index contributed by atoms with van der Waals surface area (Å²) >= 11 is 0. The Morgan fingerprint density at radius 2 is 2.23 bits per heavy atom. The Balaban J connectivity index is 4.72. The fourth-order valence-corrected chi connectivity index (χ4v) is 0.494. The largest absolute Gasteiger partial charge is 0.513 e. The van der Waals surface area contributed by atoms with Gasteiger partial charge >= 0.3 is 12.0 Å². The summed E-state index contributed by atoms with van der Waals surface area (Å²) < 4.78 is 3.64. The minimum atomic E-state index is -3.42. The Morgan fingerprint density at radius 1 is 1.77 bits per heavy atom. The molecular weight excluding hydrogens is 188 g/mol. The van der Waals surface area contributed by atoms with Crippen molar-refractivity contribution >= 4 is 6.09 Å². The van der Waals surface area contributed by atoms with E-state index in [0.717, 1.165) is 0 Å². The van der Waals surface area contributed by atoms with Crippen LogP contribution in [0.5, 0.6) is 0 Å². The molecule has 0 aromatic heterocycles. The van der Waals surface area contributed by atoms with E-state index in [4.69, 9.17) is 15.3 Å². The van der Waals surface area contributed by atoms with E-state index in [-0.39, 0.29) is 0 Å². The quantitative estimate of drug-likeness (QED) is 0.217. The van der Waals surface area contributed by atoms with Crippen LogP contribution >= 0.6 is 0 Å². The molecule has 9 heteroatoms. The average Bonchev–Trinajstić information content (AvgIpc) is 2.01. The summed E-state index contributed by atoms with van der Waals surface area (Å²) in [5.74, 6) is -3.42. The van der Waals surface area contributed by atoms with Crippen molar-refractivity contribution in [1.82, 2.24) is 0 Å². The molecule has 0 bridgehead atoms. The highest BCUT2D eigenvalue weighted by molar-refractivity contribution is 5.64. The molecule has 0 saturated carbocycles. The van der Waals surface area contributed by atoms with Crippen LogP contribution < -0.4 is 5.73 Å². The molecule has 0 fully saturated rings. The van der Waals surface area contributed by atoms with Gasteiger partial charge in [-0.15, -0.1) is 0 Å². The number of aliphatic hydroxyl groups is 3. The van der Waals surface area contributed by atoms with Gasteiger partial charge in [-0.05, 0) is 0 Å². The zero-order valence-corrected chi connectivity index (χ0v) is 6.28. The third-order valence-electron chi connectivity index (χ3n) is 1.12. The van der Waals surface area contributed by atoms with Crippen molar-refractivity contribution in [3.63, 3.8) is 0 Å². The summed E-state index contributed by atoms with van der Waals surface area (Å²) in [6.07, 6.45) is -3.92. The number of hydrogen-bond donors (Lipinski definition) is 4. The van der Waals surface area contributed by atoms with Crippen LogP contribution in [0.1, 0.15) is 0 Å². The van der Waals surface area contributed by atoms with Gasteiger partial charge in [-0.3, -0.25) is 15.2 Å². The van der Waals surface area contributed by atoms with Crippen molar-refractivity contribution in [2.24, 2.45) is 5.73 Å². The number of hydrogen-bond acceptors (Lipinski definition) is 7. The second kappa shape index (κ2) is 3.98. The topological polar surface area (TPSA) is 156 Å². The van der Waals surface area contributed by atoms with Gasteiger partial charge in [0.1, 0.15) is 4.92 Å². The summed E-state index contributed by atoms with van der Waals surface area (Å²) in [6.45, 7) is -1.16. The lowest BCUT2D eigenvalue weighted by atomic mass is 10.3. The summed E-state index contributed by atoms with van der Waals surface area (Å²) in [4.78, 5) is 18.7. The predicted octanol–water partition coefficient (Wildman–Crippen LogP) is -2.64. The number of nitro groups is 1. The molecule has 5 N–H and O–H groups in total. The molecular formula is C4H8N2O7. The molecule has 1 amide bonds. The fraction of sp³-hybridized carbons (Fsp3) is 0.750. The molecule has 0 saturated heterocycles. The number of nitrogens with two attached hydrogens (primary N) is 1. The van der Waals surface area contributed by atoms with Gasteiger partial charge in [0, 0.05) is 0 Å². The number of amides is 1. The number of carbonyl (C=O) groups is 1. The SMILES string of the molecule is NC(=O)OC(O)(C(O)CO)[N+](=O)[O-]. The Bertz CT molecular complexity index is 219. The first-order chi connectivity index (χ1) is 5.84. The molecule has 9 nitrogen and oxygen atoms in total. The number of ether oxygens (including phenoxy) is 1. The maximum Gasteiger partial charge on any atom is 0.513 e. The number of carbonyl (C=O) groups excluding carboxylic acids is 1. The van der Waals surface area contributed by atoms with E-state index >= 15 is 0 Å². The van der Waals surface area contributed by atoms with E-state index in [0.29, 0.717) is 0 Å². The first kappa shape index (κ1) is 11.6. The standard InChI is InChI=1S/C4H8N2O7/c5-3(9)13-4(10,6(11)12)2(8)1-7/h2,7-8,10H,1H2,(H2,5,9). The van der Waals surface area contributed by atoms with Crippen LogP contribution in [0.3, 0.4) is 0 Å². The Hall–Kier alpha value is -1.45. The molecule has 0 radical (unpaired) electrons. The van der Waals surface area contributed by atoms with Gasteiger partial charge in [0.15, 0.2) is 0 Å². The van der Waals surface area contributed by atoms with Gasteiger partial charge in [-0.25, -0.2) is 4.79 Å². The zero-order chi connectivity index (χ0) is 10.6. The van der Waals surface area contributed by atoms with E-state index in [9.17, 15) is 14.9 Å². The fourth-order valence-electron chi connectivity index (χ4n) is 0.494. The second-order valence-corrected chi connectivity index (χ2v) is 2.04. The lowest BCUT2D eigenvalue weighted by Gasteiger charge is -2.20. The van der Waals surface area contributed by atoms with Gasteiger partial charge < -0.3 is 20.7 Å². The molecule has 13 heavy (non-hydrogen) atoms. The molecule has 0 aromatic carbocycles. The Kier molecular flexibility index (Phi) is 3.54.